The highest BCUT2D eigenvalue weighted by Crippen LogP contribution is 2.35. The highest BCUT2D eigenvalue weighted by molar-refractivity contribution is 9.10. The Morgan fingerprint density at radius 3 is 3.00 bits per heavy atom. The summed E-state index contributed by atoms with van der Waals surface area (Å²) in [4.78, 5) is 1.000. The standard InChI is InChI=1S/C13H18BrNOS/c1-3-6-15-13-9(2)8-17(16)12-5-4-10(14)7-11(12)13/h4-5,7,9,13,15H,3,6,8H2,1-2H3. The lowest BCUT2D eigenvalue weighted by molar-refractivity contribution is 0.402. The van der Waals surface area contributed by atoms with Crippen LogP contribution >= 0.6 is 15.9 Å². The van der Waals surface area contributed by atoms with E-state index in [2.05, 4.69) is 41.2 Å². The summed E-state index contributed by atoms with van der Waals surface area (Å²) in [5.74, 6) is 1.18. The SMILES string of the molecule is CCCNC1c2cc(Br)ccc2S(=O)CC1C. The summed E-state index contributed by atoms with van der Waals surface area (Å²) in [6.45, 7) is 5.35. The van der Waals surface area contributed by atoms with Gasteiger partial charge in [-0.15, -0.1) is 0 Å². The van der Waals surface area contributed by atoms with E-state index in [-0.39, 0.29) is 0 Å². The Hall–Kier alpha value is -0.190. The van der Waals surface area contributed by atoms with Crippen LogP contribution in [0.3, 0.4) is 0 Å². The minimum atomic E-state index is -0.841. The van der Waals surface area contributed by atoms with Crippen molar-refractivity contribution in [3.05, 3.63) is 28.2 Å². The van der Waals surface area contributed by atoms with Crippen LogP contribution in [0.1, 0.15) is 31.9 Å². The molecular weight excluding hydrogens is 298 g/mol. The number of nitrogens with one attached hydrogen (secondary N) is 1. The molecule has 0 fully saturated rings. The molecule has 0 saturated heterocycles. The third-order valence-corrected chi connectivity index (χ3v) is 5.33. The summed E-state index contributed by atoms with van der Waals surface area (Å²) in [7, 11) is -0.841. The van der Waals surface area contributed by atoms with Crippen LogP contribution in [0, 0.1) is 5.92 Å². The van der Waals surface area contributed by atoms with Crippen LogP contribution in [0.15, 0.2) is 27.6 Å². The molecule has 0 saturated carbocycles. The highest BCUT2D eigenvalue weighted by atomic mass is 79.9. The van der Waals surface area contributed by atoms with E-state index in [1.165, 1.54) is 5.56 Å². The molecule has 0 radical (unpaired) electrons. The van der Waals surface area contributed by atoms with E-state index in [4.69, 9.17) is 0 Å². The molecule has 4 heteroatoms. The molecule has 0 spiro atoms. The molecule has 1 aliphatic heterocycles. The fourth-order valence-corrected chi connectivity index (χ4v) is 4.21. The van der Waals surface area contributed by atoms with Crippen molar-refractivity contribution in [2.45, 2.75) is 31.2 Å². The molecule has 3 atom stereocenters. The zero-order valence-electron chi connectivity index (χ0n) is 10.2. The minimum Gasteiger partial charge on any atom is -0.310 e. The Balaban J connectivity index is 2.37. The topological polar surface area (TPSA) is 29.1 Å². The van der Waals surface area contributed by atoms with Gasteiger partial charge >= 0.3 is 0 Å². The third kappa shape index (κ3) is 2.80. The summed E-state index contributed by atoms with van der Waals surface area (Å²) < 4.78 is 13.2. The van der Waals surface area contributed by atoms with Crippen molar-refractivity contribution in [1.82, 2.24) is 5.32 Å². The van der Waals surface area contributed by atoms with Gasteiger partial charge in [-0.25, -0.2) is 0 Å². The van der Waals surface area contributed by atoms with E-state index in [1.54, 1.807) is 0 Å². The van der Waals surface area contributed by atoms with Crippen LogP contribution in [0.25, 0.3) is 0 Å². The Bertz CT molecular complexity index is 435. The first-order valence-electron chi connectivity index (χ1n) is 6.04. The molecule has 1 aromatic carbocycles. The van der Waals surface area contributed by atoms with E-state index in [9.17, 15) is 4.21 Å². The van der Waals surface area contributed by atoms with Crippen LogP contribution < -0.4 is 5.32 Å². The lowest BCUT2D eigenvalue weighted by atomic mass is 9.95. The van der Waals surface area contributed by atoms with Crippen LogP contribution in [0.2, 0.25) is 0 Å². The van der Waals surface area contributed by atoms with Gasteiger partial charge in [-0.1, -0.05) is 29.8 Å². The molecule has 1 N–H and O–H groups in total. The summed E-state index contributed by atoms with van der Waals surface area (Å²) in [6, 6.07) is 6.40. The lowest BCUT2D eigenvalue weighted by Gasteiger charge is -2.31. The van der Waals surface area contributed by atoms with Crippen molar-refractivity contribution in [1.29, 1.82) is 0 Å². The van der Waals surface area contributed by atoms with Crippen molar-refractivity contribution in [2.24, 2.45) is 5.92 Å². The zero-order valence-corrected chi connectivity index (χ0v) is 12.6. The Labute approximate surface area is 114 Å². The number of hydrogen-bond donors (Lipinski definition) is 1. The number of rotatable bonds is 3. The monoisotopic (exact) mass is 315 g/mol. The van der Waals surface area contributed by atoms with Crippen LogP contribution in [-0.2, 0) is 10.8 Å². The fourth-order valence-electron chi connectivity index (χ4n) is 2.31. The first kappa shape index (κ1) is 13.2. The summed E-state index contributed by atoms with van der Waals surface area (Å²) in [5, 5.41) is 3.57. The molecule has 0 bridgehead atoms. The lowest BCUT2D eigenvalue weighted by Crippen LogP contribution is -2.34. The first-order chi connectivity index (χ1) is 8.13. The largest absolute Gasteiger partial charge is 0.310 e. The van der Waals surface area contributed by atoms with Gasteiger partial charge in [-0.3, -0.25) is 4.21 Å². The maximum Gasteiger partial charge on any atom is 0.0536 e. The normalized spacial score (nSPS) is 27.8. The number of halogens is 1. The predicted octanol–water partition coefficient (Wildman–Crippen LogP) is 3.25. The van der Waals surface area contributed by atoms with Gasteiger partial charge < -0.3 is 5.32 Å². The van der Waals surface area contributed by atoms with Gasteiger partial charge in [-0.05, 0) is 42.6 Å². The van der Waals surface area contributed by atoms with Crippen LogP contribution in [0.5, 0.6) is 0 Å². The summed E-state index contributed by atoms with van der Waals surface area (Å²) >= 11 is 3.50. The van der Waals surface area contributed by atoms with Gasteiger partial charge in [0.1, 0.15) is 0 Å². The first-order valence-corrected chi connectivity index (χ1v) is 8.16. The average molecular weight is 316 g/mol. The fraction of sp³-hybridized carbons (Fsp3) is 0.538. The maximum absolute atomic E-state index is 12.1. The van der Waals surface area contributed by atoms with E-state index in [1.807, 2.05) is 12.1 Å². The predicted molar refractivity (Wildman–Crippen MR) is 75.6 cm³/mol. The zero-order chi connectivity index (χ0) is 12.4. The highest BCUT2D eigenvalue weighted by Gasteiger charge is 2.30. The van der Waals surface area contributed by atoms with Gasteiger partial charge in [0.15, 0.2) is 0 Å². The number of hydrogen-bond acceptors (Lipinski definition) is 2. The molecule has 1 aliphatic rings. The van der Waals surface area contributed by atoms with E-state index >= 15 is 0 Å². The van der Waals surface area contributed by atoms with Crippen LogP contribution in [-0.4, -0.2) is 16.5 Å². The molecule has 0 amide bonds. The molecular formula is C13H18BrNOS. The van der Waals surface area contributed by atoms with Gasteiger partial charge in [0.2, 0.25) is 0 Å². The van der Waals surface area contributed by atoms with Gasteiger partial charge in [0.05, 0.1) is 10.8 Å². The molecule has 1 heterocycles. The third-order valence-electron chi connectivity index (χ3n) is 3.15. The maximum atomic E-state index is 12.1. The second-order valence-corrected chi connectivity index (χ2v) is 6.98. The quantitative estimate of drug-likeness (QED) is 0.927. The van der Waals surface area contributed by atoms with E-state index in [0.29, 0.717) is 12.0 Å². The van der Waals surface area contributed by atoms with Gasteiger partial charge in [0.25, 0.3) is 0 Å². The molecule has 94 valence electrons. The van der Waals surface area contributed by atoms with Crippen LogP contribution in [0.4, 0.5) is 0 Å². The smallest absolute Gasteiger partial charge is 0.0536 e. The summed E-state index contributed by atoms with van der Waals surface area (Å²) in [6.07, 6.45) is 1.12. The molecule has 1 aromatic rings. The van der Waals surface area contributed by atoms with Crippen molar-refractivity contribution < 1.29 is 4.21 Å². The number of fused-ring (bicyclic) bond motifs is 1. The van der Waals surface area contributed by atoms with E-state index < -0.39 is 10.8 Å². The van der Waals surface area contributed by atoms with Crippen molar-refractivity contribution in [3.8, 4) is 0 Å². The summed E-state index contributed by atoms with van der Waals surface area (Å²) in [5.41, 5.74) is 1.20. The Morgan fingerprint density at radius 1 is 1.53 bits per heavy atom. The molecule has 0 aromatic heterocycles. The Morgan fingerprint density at radius 2 is 2.29 bits per heavy atom. The van der Waals surface area contributed by atoms with Gasteiger partial charge in [-0.2, -0.15) is 0 Å². The molecule has 2 nitrogen and oxygen atoms in total. The molecule has 0 aliphatic carbocycles. The molecule has 2 rings (SSSR count). The average Bonchev–Trinajstić information content (AvgIpc) is 2.28. The second kappa shape index (κ2) is 5.63. The minimum absolute atomic E-state index is 0.333. The van der Waals surface area contributed by atoms with E-state index in [0.717, 1.165) is 28.1 Å². The number of benzene rings is 1. The van der Waals surface area contributed by atoms with Crippen molar-refractivity contribution in [2.75, 3.05) is 12.3 Å². The van der Waals surface area contributed by atoms with Gasteiger partial charge in [0, 0.05) is 21.2 Å². The van der Waals surface area contributed by atoms with Crippen molar-refractivity contribution >= 4 is 26.7 Å². The second-order valence-electron chi connectivity index (χ2n) is 4.60. The Kier molecular flexibility index (Phi) is 4.39. The molecule has 3 unspecified atom stereocenters. The molecule has 17 heavy (non-hydrogen) atoms. The van der Waals surface area contributed by atoms with Crippen molar-refractivity contribution in [3.63, 3.8) is 0 Å².